The number of halogens is 1. The summed E-state index contributed by atoms with van der Waals surface area (Å²) in [5, 5.41) is 21.4. The van der Waals surface area contributed by atoms with Gasteiger partial charge in [0.25, 0.3) is 5.91 Å². The number of nitrogens with one attached hydrogen (secondary N) is 1. The number of hydrogen-bond donors (Lipinski definition) is 2. The number of nitriles is 1. The van der Waals surface area contributed by atoms with Crippen molar-refractivity contribution in [2.45, 2.75) is 13.0 Å². The van der Waals surface area contributed by atoms with Crippen LogP contribution in [0, 0.1) is 11.3 Å². The van der Waals surface area contributed by atoms with Gasteiger partial charge < -0.3 is 19.9 Å². The van der Waals surface area contributed by atoms with Crippen LogP contribution >= 0.6 is 11.6 Å². The van der Waals surface area contributed by atoms with Crippen molar-refractivity contribution in [3.05, 3.63) is 52.5 Å². The molecule has 0 aliphatic heterocycles. The van der Waals surface area contributed by atoms with E-state index in [1.807, 2.05) is 6.07 Å². The average molecular weight is 375 g/mol. The maximum atomic E-state index is 12.2. The van der Waals surface area contributed by atoms with Gasteiger partial charge >= 0.3 is 5.97 Å². The molecule has 2 aromatic rings. The van der Waals surface area contributed by atoms with E-state index < -0.39 is 18.0 Å². The Labute approximate surface area is 154 Å². The van der Waals surface area contributed by atoms with E-state index in [1.165, 1.54) is 50.4 Å². The molecule has 0 aliphatic carbocycles. The highest BCUT2D eigenvalue weighted by Gasteiger charge is 2.21. The van der Waals surface area contributed by atoms with Crippen molar-refractivity contribution in [3.63, 3.8) is 0 Å². The summed E-state index contributed by atoms with van der Waals surface area (Å²) in [6.07, 6.45) is -1.13. The lowest BCUT2D eigenvalue weighted by molar-refractivity contribution is -0.123. The normalized spacial score (nSPS) is 11.2. The van der Waals surface area contributed by atoms with E-state index >= 15 is 0 Å². The number of esters is 1. The van der Waals surface area contributed by atoms with E-state index in [0.29, 0.717) is 11.4 Å². The molecular weight excluding hydrogens is 360 g/mol. The maximum absolute atomic E-state index is 12.2. The number of benzene rings is 2. The quantitative estimate of drug-likeness (QED) is 0.778. The van der Waals surface area contributed by atoms with Gasteiger partial charge in [0.1, 0.15) is 23.1 Å². The van der Waals surface area contributed by atoms with Crippen LogP contribution in [0.1, 0.15) is 22.8 Å². The molecule has 0 aliphatic rings. The Morgan fingerprint density at radius 1 is 1.27 bits per heavy atom. The highest BCUT2D eigenvalue weighted by molar-refractivity contribution is 6.32. The first-order chi connectivity index (χ1) is 12.3. The van der Waals surface area contributed by atoms with Crippen LogP contribution in [0.3, 0.4) is 0 Å². The first-order valence-electron chi connectivity index (χ1n) is 7.44. The summed E-state index contributed by atoms with van der Waals surface area (Å²) in [7, 11) is 1.43. The van der Waals surface area contributed by atoms with Gasteiger partial charge in [-0.2, -0.15) is 5.26 Å². The van der Waals surface area contributed by atoms with Gasteiger partial charge in [0.15, 0.2) is 6.10 Å². The smallest absolute Gasteiger partial charge is 0.342 e. The van der Waals surface area contributed by atoms with Crippen molar-refractivity contribution in [1.82, 2.24) is 0 Å². The first-order valence-corrected chi connectivity index (χ1v) is 7.82. The summed E-state index contributed by atoms with van der Waals surface area (Å²) < 4.78 is 10.00. The van der Waals surface area contributed by atoms with Crippen molar-refractivity contribution in [2.24, 2.45) is 0 Å². The number of hydrogen-bond acceptors (Lipinski definition) is 6. The molecule has 2 aromatic carbocycles. The van der Waals surface area contributed by atoms with Gasteiger partial charge in [-0.25, -0.2) is 4.79 Å². The summed E-state index contributed by atoms with van der Waals surface area (Å²) in [6.45, 7) is 1.39. The van der Waals surface area contributed by atoms with Gasteiger partial charge in [-0.3, -0.25) is 4.79 Å². The lowest BCUT2D eigenvalue weighted by Gasteiger charge is -2.14. The summed E-state index contributed by atoms with van der Waals surface area (Å²) in [4.78, 5) is 24.3. The van der Waals surface area contributed by atoms with Gasteiger partial charge in [-0.05, 0) is 37.3 Å². The fourth-order valence-electron chi connectivity index (χ4n) is 2.02. The second-order valence-corrected chi connectivity index (χ2v) is 5.63. The standard InChI is InChI=1S/C18H15ClN2O5/c1-10(17(23)21-12-4-3-11(9-20)15(19)7-12)26-18(24)14-6-5-13(25-2)8-16(14)22/h3-8,10,22H,1-2H3,(H,21,23). The molecule has 0 fully saturated rings. The zero-order valence-electron chi connectivity index (χ0n) is 13.9. The van der Waals surface area contributed by atoms with Gasteiger partial charge in [-0.15, -0.1) is 0 Å². The molecule has 2 rings (SSSR count). The molecular formula is C18H15ClN2O5. The fraction of sp³-hybridized carbons (Fsp3) is 0.167. The Morgan fingerprint density at radius 3 is 2.58 bits per heavy atom. The monoisotopic (exact) mass is 374 g/mol. The third-order valence-electron chi connectivity index (χ3n) is 3.43. The SMILES string of the molecule is COc1ccc(C(=O)OC(C)C(=O)Nc2ccc(C#N)c(Cl)c2)c(O)c1. The van der Waals surface area contributed by atoms with Crippen LogP contribution < -0.4 is 10.1 Å². The van der Waals surface area contributed by atoms with Gasteiger partial charge in [-0.1, -0.05) is 11.6 Å². The van der Waals surface area contributed by atoms with Crippen LogP contribution in [0.4, 0.5) is 5.69 Å². The van der Waals surface area contributed by atoms with E-state index in [1.54, 1.807) is 0 Å². The lowest BCUT2D eigenvalue weighted by atomic mass is 10.2. The number of carbonyl (C=O) groups excluding carboxylic acids is 2. The molecule has 0 saturated heterocycles. The van der Waals surface area contributed by atoms with Crippen LogP contribution in [-0.4, -0.2) is 30.2 Å². The molecule has 8 heteroatoms. The number of nitrogens with zero attached hydrogens (tertiary/aromatic N) is 1. The third-order valence-corrected chi connectivity index (χ3v) is 3.75. The molecule has 0 radical (unpaired) electrons. The molecule has 26 heavy (non-hydrogen) atoms. The Kier molecular flexibility index (Phi) is 6.04. The Hall–Kier alpha value is -3.24. The number of ether oxygens (including phenoxy) is 2. The highest BCUT2D eigenvalue weighted by Crippen LogP contribution is 2.24. The number of rotatable bonds is 5. The largest absolute Gasteiger partial charge is 0.507 e. The Morgan fingerprint density at radius 2 is 2.00 bits per heavy atom. The fourth-order valence-corrected chi connectivity index (χ4v) is 2.24. The van der Waals surface area contributed by atoms with Gasteiger partial charge in [0.05, 0.1) is 17.7 Å². The molecule has 0 heterocycles. The zero-order chi connectivity index (χ0) is 19.3. The van der Waals surface area contributed by atoms with E-state index in [4.69, 9.17) is 26.3 Å². The van der Waals surface area contributed by atoms with Crippen LogP contribution in [-0.2, 0) is 9.53 Å². The molecule has 0 saturated carbocycles. The Bertz CT molecular complexity index is 892. The maximum Gasteiger partial charge on any atom is 0.342 e. The molecule has 0 spiro atoms. The number of methoxy groups -OCH3 is 1. The topological polar surface area (TPSA) is 109 Å². The van der Waals surface area contributed by atoms with E-state index in [-0.39, 0.29) is 21.9 Å². The number of phenolic OH excluding ortho intramolecular Hbond substituents is 1. The number of anilines is 1. The number of phenols is 1. The highest BCUT2D eigenvalue weighted by atomic mass is 35.5. The molecule has 1 amide bonds. The number of carbonyl (C=O) groups is 2. The number of amides is 1. The van der Waals surface area contributed by atoms with Crippen LogP contribution in [0.5, 0.6) is 11.5 Å². The first kappa shape index (κ1) is 19.1. The minimum Gasteiger partial charge on any atom is -0.507 e. The van der Waals surface area contributed by atoms with Crippen molar-refractivity contribution >= 4 is 29.2 Å². The summed E-state index contributed by atoms with van der Waals surface area (Å²) in [5.41, 5.74) is 0.542. The van der Waals surface area contributed by atoms with Crippen LogP contribution in [0.15, 0.2) is 36.4 Å². The van der Waals surface area contributed by atoms with Gasteiger partial charge in [0, 0.05) is 11.8 Å². The van der Waals surface area contributed by atoms with Crippen LogP contribution in [0.25, 0.3) is 0 Å². The van der Waals surface area contributed by atoms with Crippen molar-refractivity contribution in [3.8, 4) is 17.6 Å². The van der Waals surface area contributed by atoms with Crippen molar-refractivity contribution < 1.29 is 24.2 Å². The molecule has 2 N–H and O–H groups in total. The zero-order valence-corrected chi connectivity index (χ0v) is 14.7. The molecule has 0 aromatic heterocycles. The van der Waals surface area contributed by atoms with Crippen molar-refractivity contribution in [2.75, 3.05) is 12.4 Å². The van der Waals surface area contributed by atoms with Crippen LogP contribution in [0.2, 0.25) is 5.02 Å². The van der Waals surface area contributed by atoms with Crippen molar-refractivity contribution in [1.29, 1.82) is 5.26 Å². The predicted molar refractivity (Wildman–Crippen MR) is 94.3 cm³/mol. The van der Waals surface area contributed by atoms with E-state index in [2.05, 4.69) is 5.32 Å². The Balaban J connectivity index is 2.03. The van der Waals surface area contributed by atoms with E-state index in [0.717, 1.165) is 0 Å². The summed E-state index contributed by atoms with van der Waals surface area (Å²) >= 11 is 5.90. The predicted octanol–water partition coefficient (Wildman–Crippen LogP) is 3.11. The second-order valence-electron chi connectivity index (χ2n) is 5.23. The third kappa shape index (κ3) is 4.43. The summed E-state index contributed by atoms with van der Waals surface area (Å²) in [6, 6.07) is 10.4. The second kappa shape index (κ2) is 8.23. The molecule has 134 valence electrons. The van der Waals surface area contributed by atoms with Gasteiger partial charge in [0.2, 0.25) is 0 Å². The summed E-state index contributed by atoms with van der Waals surface area (Å²) in [5.74, 6) is -1.39. The molecule has 1 atom stereocenters. The average Bonchev–Trinajstić information content (AvgIpc) is 2.61. The molecule has 7 nitrogen and oxygen atoms in total. The molecule has 0 bridgehead atoms. The minimum absolute atomic E-state index is 0.0909. The minimum atomic E-state index is -1.13. The number of aromatic hydroxyl groups is 1. The molecule has 1 unspecified atom stereocenters. The lowest BCUT2D eigenvalue weighted by Crippen LogP contribution is -2.30. The van der Waals surface area contributed by atoms with E-state index in [9.17, 15) is 14.7 Å².